The van der Waals surface area contributed by atoms with Crippen molar-refractivity contribution in [2.75, 3.05) is 0 Å². The van der Waals surface area contributed by atoms with Gasteiger partial charge in [-0.15, -0.1) is 0 Å². The zero-order valence-electron chi connectivity index (χ0n) is 20.3. The van der Waals surface area contributed by atoms with E-state index in [4.69, 9.17) is 4.42 Å². The molecule has 35 heavy (non-hydrogen) atoms. The first-order valence-corrected chi connectivity index (χ1v) is 12.6. The van der Waals surface area contributed by atoms with Crippen molar-refractivity contribution in [2.24, 2.45) is 7.05 Å². The minimum atomic E-state index is 0.608. The quantitative estimate of drug-likeness (QED) is 0.258. The summed E-state index contributed by atoms with van der Waals surface area (Å²) in [5.74, 6) is 0.608. The Morgan fingerprint density at radius 3 is 2.40 bits per heavy atom. The lowest BCUT2D eigenvalue weighted by Crippen LogP contribution is -2.30. The van der Waals surface area contributed by atoms with E-state index >= 15 is 0 Å². The van der Waals surface area contributed by atoms with Gasteiger partial charge in [0.05, 0.1) is 17.2 Å². The molecule has 1 aliphatic carbocycles. The minimum Gasteiger partial charge on any atom is -0.454 e. The van der Waals surface area contributed by atoms with Crippen molar-refractivity contribution in [1.82, 2.24) is 0 Å². The van der Waals surface area contributed by atoms with Crippen LogP contribution >= 0.6 is 0 Å². The molecule has 2 aromatic heterocycles. The molecule has 3 aromatic carbocycles. The molecule has 5 aromatic rings. The van der Waals surface area contributed by atoms with Crippen LogP contribution in [-0.4, -0.2) is 0 Å². The summed E-state index contributed by atoms with van der Waals surface area (Å²) in [7, 11) is 2.06. The Labute approximate surface area is 206 Å². The number of furan rings is 1. The van der Waals surface area contributed by atoms with Crippen LogP contribution in [0, 0.1) is 18.3 Å². The molecule has 0 N–H and O–H groups in total. The summed E-state index contributed by atoms with van der Waals surface area (Å²) in [6, 6.07) is 25.8. The standard InChI is InChI=1S/C32H29N2O/c1-21-14-16-26-27-17-15-25(20-33)30(24-12-8-11-23(19-24)22-9-4-3-5-10-22)32(27)35-31(26)29(21)28-13-6-7-18-34(28)2/h6-8,11-19,22H,3-5,9-10H2,1-2H3/q+1. The fourth-order valence-electron chi connectivity index (χ4n) is 5.87. The molecule has 0 amide bonds. The van der Waals surface area contributed by atoms with Crippen LogP contribution in [0.15, 0.2) is 77.3 Å². The monoisotopic (exact) mass is 457 g/mol. The summed E-state index contributed by atoms with van der Waals surface area (Å²) in [6.07, 6.45) is 8.51. The molecule has 0 aliphatic heterocycles. The molecule has 3 nitrogen and oxygen atoms in total. The van der Waals surface area contributed by atoms with E-state index in [9.17, 15) is 5.26 Å². The van der Waals surface area contributed by atoms with Crippen LogP contribution in [-0.2, 0) is 7.05 Å². The van der Waals surface area contributed by atoms with E-state index < -0.39 is 0 Å². The Hall–Kier alpha value is -3.90. The number of nitriles is 1. The summed E-state index contributed by atoms with van der Waals surface area (Å²) >= 11 is 0. The Morgan fingerprint density at radius 2 is 1.63 bits per heavy atom. The summed E-state index contributed by atoms with van der Waals surface area (Å²) in [4.78, 5) is 0. The Morgan fingerprint density at radius 1 is 0.857 bits per heavy atom. The molecule has 0 unspecified atom stereocenters. The largest absolute Gasteiger partial charge is 0.454 e. The molecule has 0 spiro atoms. The normalized spacial score (nSPS) is 14.4. The van der Waals surface area contributed by atoms with Crippen molar-refractivity contribution in [3.05, 3.63) is 89.6 Å². The zero-order chi connectivity index (χ0) is 23.9. The average molecular weight is 458 g/mol. The summed E-state index contributed by atoms with van der Waals surface area (Å²) in [6.45, 7) is 2.13. The second-order valence-corrected chi connectivity index (χ2v) is 9.87. The third-order valence-corrected chi connectivity index (χ3v) is 7.70. The number of pyridine rings is 1. The second-order valence-electron chi connectivity index (χ2n) is 9.87. The highest BCUT2D eigenvalue weighted by atomic mass is 16.3. The number of aromatic nitrogens is 1. The first-order chi connectivity index (χ1) is 17.2. The van der Waals surface area contributed by atoms with Crippen LogP contribution in [0.4, 0.5) is 0 Å². The summed E-state index contributed by atoms with van der Waals surface area (Å²) < 4.78 is 8.85. The average Bonchev–Trinajstić information content (AvgIpc) is 3.28. The van der Waals surface area contributed by atoms with Crippen LogP contribution in [0.3, 0.4) is 0 Å². The fraction of sp³-hybridized carbons (Fsp3) is 0.250. The molecule has 0 atom stereocenters. The molecule has 0 bridgehead atoms. The minimum absolute atomic E-state index is 0.608. The highest BCUT2D eigenvalue weighted by molar-refractivity contribution is 6.14. The number of fused-ring (bicyclic) bond motifs is 3. The molecule has 0 radical (unpaired) electrons. The molecule has 172 valence electrons. The Kier molecular flexibility index (Phi) is 5.38. The van der Waals surface area contributed by atoms with Crippen LogP contribution in [0.5, 0.6) is 0 Å². The SMILES string of the molecule is Cc1ccc2c(oc3c(-c4cccc(C5CCCCC5)c4)c(C#N)ccc32)c1-c1cccc[n+]1C. The molecule has 1 saturated carbocycles. The van der Waals surface area contributed by atoms with Gasteiger partial charge in [0.2, 0.25) is 5.69 Å². The van der Waals surface area contributed by atoms with Gasteiger partial charge in [0, 0.05) is 28.5 Å². The highest BCUT2D eigenvalue weighted by Gasteiger charge is 2.23. The Balaban J connectivity index is 1.62. The van der Waals surface area contributed by atoms with Crippen molar-refractivity contribution in [3.63, 3.8) is 0 Å². The zero-order valence-corrected chi connectivity index (χ0v) is 20.3. The van der Waals surface area contributed by atoms with Gasteiger partial charge in [-0.3, -0.25) is 0 Å². The maximum atomic E-state index is 10.1. The molecule has 6 rings (SSSR count). The molecule has 1 fully saturated rings. The number of hydrogen-bond acceptors (Lipinski definition) is 2. The van der Waals surface area contributed by atoms with Gasteiger partial charge < -0.3 is 4.42 Å². The van der Waals surface area contributed by atoms with E-state index in [-0.39, 0.29) is 0 Å². The van der Waals surface area contributed by atoms with Gasteiger partial charge in [-0.05, 0) is 60.6 Å². The van der Waals surface area contributed by atoms with Crippen molar-refractivity contribution in [1.29, 1.82) is 5.26 Å². The molecule has 1 aliphatic rings. The number of benzene rings is 3. The lowest BCUT2D eigenvalue weighted by molar-refractivity contribution is -0.660. The van der Waals surface area contributed by atoms with E-state index in [0.717, 1.165) is 44.3 Å². The summed E-state index contributed by atoms with van der Waals surface area (Å²) in [5, 5.41) is 12.2. The van der Waals surface area contributed by atoms with Crippen molar-refractivity contribution in [2.45, 2.75) is 44.9 Å². The summed E-state index contributed by atoms with van der Waals surface area (Å²) in [5.41, 5.74) is 9.05. The number of aryl methyl sites for hydroxylation is 2. The number of nitrogens with zero attached hydrogens (tertiary/aromatic N) is 2. The van der Waals surface area contributed by atoms with E-state index in [1.54, 1.807) is 0 Å². The van der Waals surface area contributed by atoms with E-state index in [0.29, 0.717) is 11.5 Å². The van der Waals surface area contributed by atoms with Crippen molar-refractivity contribution in [3.8, 4) is 28.5 Å². The van der Waals surface area contributed by atoms with Gasteiger partial charge in [-0.25, -0.2) is 4.57 Å². The van der Waals surface area contributed by atoms with E-state index in [2.05, 4.69) is 79.3 Å². The van der Waals surface area contributed by atoms with Crippen LogP contribution < -0.4 is 4.57 Å². The topological polar surface area (TPSA) is 40.8 Å². The Bertz CT molecular complexity index is 1610. The highest BCUT2D eigenvalue weighted by Crippen LogP contribution is 2.42. The molecular formula is C32H29N2O+. The second kappa shape index (κ2) is 8.71. The van der Waals surface area contributed by atoms with Gasteiger partial charge in [0.25, 0.3) is 0 Å². The predicted octanol–water partition coefficient (Wildman–Crippen LogP) is 7.97. The maximum Gasteiger partial charge on any atom is 0.216 e. The third-order valence-electron chi connectivity index (χ3n) is 7.70. The van der Waals surface area contributed by atoms with Crippen LogP contribution in [0.1, 0.15) is 54.7 Å². The van der Waals surface area contributed by atoms with Gasteiger partial charge in [0.1, 0.15) is 18.2 Å². The maximum absolute atomic E-state index is 10.1. The van der Waals surface area contributed by atoms with Crippen molar-refractivity contribution < 1.29 is 8.98 Å². The van der Waals surface area contributed by atoms with Crippen molar-refractivity contribution >= 4 is 21.9 Å². The first kappa shape index (κ1) is 21.6. The number of hydrogen-bond donors (Lipinski definition) is 0. The van der Waals surface area contributed by atoms with E-state index in [1.807, 2.05) is 18.2 Å². The van der Waals surface area contributed by atoms with Gasteiger partial charge in [0.15, 0.2) is 6.20 Å². The van der Waals surface area contributed by atoms with Crippen LogP contribution in [0.2, 0.25) is 0 Å². The third kappa shape index (κ3) is 3.61. The molecular weight excluding hydrogens is 428 g/mol. The fourth-order valence-corrected chi connectivity index (χ4v) is 5.87. The van der Waals surface area contributed by atoms with E-state index in [1.165, 1.54) is 43.2 Å². The number of rotatable bonds is 3. The lowest BCUT2D eigenvalue weighted by Gasteiger charge is -2.22. The van der Waals surface area contributed by atoms with Gasteiger partial charge in [-0.1, -0.05) is 55.7 Å². The van der Waals surface area contributed by atoms with Gasteiger partial charge in [-0.2, -0.15) is 5.26 Å². The first-order valence-electron chi connectivity index (χ1n) is 12.6. The molecule has 3 heteroatoms. The van der Waals surface area contributed by atoms with Gasteiger partial charge >= 0.3 is 0 Å². The van der Waals surface area contributed by atoms with Crippen LogP contribution in [0.25, 0.3) is 44.3 Å². The molecule has 2 heterocycles. The predicted molar refractivity (Wildman–Crippen MR) is 141 cm³/mol. The lowest BCUT2D eigenvalue weighted by atomic mass is 9.83. The molecule has 0 saturated heterocycles. The smallest absolute Gasteiger partial charge is 0.216 e.